The van der Waals surface area contributed by atoms with Crippen LogP contribution in [0.2, 0.25) is 0 Å². The summed E-state index contributed by atoms with van der Waals surface area (Å²) in [5.74, 6) is 0.802. The summed E-state index contributed by atoms with van der Waals surface area (Å²) in [7, 11) is 1.56. The molecule has 2 aromatic rings. The first-order valence-corrected chi connectivity index (χ1v) is 6.94. The molecule has 1 aromatic heterocycles. The van der Waals surface area contributed by atoms with E-state index in [9.17, 15) is 9.90 Å². The zero-order valence-corrected chi connectivity index (χ0v) is 12.3. The van der Waals surface area contributed by atoms with E-state index in [4.69, 9.17) is 4.74 Å². The third-order valence-corrected chi connectivity index (χ3v) is 3.22. The van der Waals surface area contributed by atoms with Gasteiger partial charge in [0.2, 0.25) is 0 Å². The van der Waals surface area contributed by atoms with E-state index in [1.165, 1.54) is 0 Å². The molecule has 0 aliphatic heterocycles. The van der Waals surface area contributed by atoms with Crippen LogP contribution in [0.4, 0.5) is 5.69 Å². The number of phenolic OH excluding ortho intramolecular Hbond substituents is 1. The summed E-state index contributed by atoms with van der Waals surface area (Å²) in [5, 5.41) is 13.1. The van der Waals surface area contributed by atoms with Crippen molar-refractivity contribution < 1.29 is 9.84 Å². The first-order valence-electron chi connectivity index (χ1n) is 6.94. The average Bonchev–Trinajstić information content (AvgIpc) is 2.49. The molecule has 0 bridgehead atoms. The van der Waals surface area contributed by atoms with Crippen molar-refractivity contribution in [2.45, 2.75) is 26.4 Å². The maximum atomic E-state index is 11.6. The van der Waals surface area contributed by atoms with Gasteiger partial charge in [-0.3, -0.25) is 4.79 Å². The summed E-state index contributed by atoms with van der Waals surface area (Å²) >= 11 is 0. The predicted octanol–water partition coefficient (Wildman–Crippen LogP) is 2.58. The zero-order valence-electron chi connectivity index (χ0n) is 12.3. The molecule has 0 spiro atoms. The molecule has 5 nitrogen and oxygen atoms in total. The molecule has 2 N–H and O–H groups in total. The number of aromatic nitrogens is 1. The third kappa shape index (κ3) is 3.78. The fourth-order valence-corrected chi connectivity index (χ4v) is 2.07. The summed E-state index contributed by atoms with van der Waals surface area (Å²) < 4.78 is 6.73. The number of hydrogen-bond acceptors (Lipinski definition) is 4. The molecule has 5 heteroatoms. The number of benzene rings is 1. The van der Waals surface area contributed by atoms with Gasteiger partial charge < -0.3 is 19.7 Å². The Balaban J connectivity index is 2.09. The van der Waals surface area contributed by atoms with Crippen LogP contribution >= 0.6 is 0 Å². The molecule has 0 unspecified atom stereocenters. The monoisotopic (exact) mass is 288 g/mol. The molecule has 21 heavy (non-hydrogen) atoms. The standard InChI is InChI=1S/C16H20N2O3/c1-3-8-18-11-13(5-7-16(18)20)17-10-12-4-6-14(21-2)9-15(12)19/h4-7,9,11,17,19H,3,8,10H2,1-2H3. The number of aryl methyl sites for hydroxylation is 1. The van der Waals surface area contributed by atoms with Crippen LogP contribution in [0.15, 0.2) is 41.3 Å². The van der Waals surface area contributed by atoms with Gasteiger partial charge in [0.05, 0.1) is 12.8 Å². The second-order valence-electron chi connectivity index (χ2n) is 4.80. The lowest BCUT2D eigenvalue weighted by Crippen LogP contribution is -2.18. The minimum absolute atomic E-state index is 0.00491. The van der Waals surface area contributed by atoms with Gasteiger partial charge in [-0.25, -0.2) is 0 Å². The minimum atomic E-state index is -0.00491. The Morgan fingerprint density at radius 1 is 1.29 bits per heavy atom. The molecule has 0 aliphatic rings. The van der Waals surface area contributed by atoms with Crippen LogP contribution in [0.5, 0.6) is 11.5 Å². The van der Waals surface area contributed by atoms with Crippen LogP contribution in [-0.2, 0) is 13.1 Å². The highest BCUT2D eigenvalue weighted by Crippen LogP contribution is 2.24. The number of ether oxygens (including phenoxy) is 1. The van der Waals surface area contributed by atoms with Gasteiger partial charge in [0.15, 0.2) is 0 Å². The summed E-state index contributed by atoms with van der Waals surface area (Å²) in [6.45, 7) is 3.20. The van der Waals surface area contributed by atoms with E-state index in [1.807, 2.05) is 13.0 Å². The second-order valence-corrected chi connectivity index (χ2v) is 4.80. The van der Waals surface area contributed by atoms with Crippen LogP contribution in [0.1, 0.15) is 18.9 Å². The highest BCUT2D eigenvalue weighted by Gasteiger charge is 2.04. The number of pyridine rings is 1. The van der Waals surface area contributed by atoms with Crippen molar-refractivity contribution in [1.29, 1.82) is 0 Å². The van der Waals surface area contributed by atoms with E-state index in [-0.39, 0.29) is 11.3 Å². The Bertz CT molecular complexity index is 665. The smallest absolute Gasteiger partial charge is 0.250 e. The van der Waals surface area contributed by atoms with E-state index in [0.29, 0.717) is 18.8 Å². The Kier molecular flexibility index (Phi) is 4.87. The lowest BCUT2D eigenvalue weighted by molar-refractivity contribution is 0.406. The number of hydrogen-bond donors (Lipinski definition) is 2. The molecule has 0 saturated heterocycles. The van der Waals surface area contributed by atoms with Crippen molar-refractivity contribution in [3.05, 3.63) is 52.4 Å². The number of nitrogens with zero attached hydrogens (tertiary/aromatic N) is 1. The van der Waals surface area contributed by atoms with Gasteiger partial charge in [-0.15, -0.1) is 0 Å². The number of phenols is 1. The van der Waals surface area contributed by atoms with Crippen molar-refractivity contribution in [1.82, 2.24) is 4.57 Å². The van der Waals surface area contributed by atoms with Gasteiger partial charge in [-0.2, -0.15) is 0 Å². The van der Waals surface area contributed by atoms with Crippen molar-refractivity contribution in [3.8, 4) is 11.5 Å². The van der Waals surface area contributed by atoms with Gasteiger partial charge in [-0.05, 0) is 24.6 Å². The van der Waals surface area contributed by atoms with Crippen LogP contribution < -0.4 is 15.6 Å². The highest BCUT2D eigenvalue weighted by atomic mass is 16.5. The number of nitrogens with one attached hydrogen (secondary N) is 1. The summed E-state index contributed by atoms with van der Waals surface area (Å²) in [6, 6.07) is 8.48. The van der Waals surface area contributed by atoms with Gasteiger partial charge in [-0.1, -0.05) is 6.92 Å². The number of aromatic hydroxyl groups is 1. The molecule has 0 fully saturated rings. The zero-order chi connectivity index (χ0) is 15.2. The fourth-order valence-electron chi connectivity index (χ4n) is 2.07. The average molecular weight is 288 g/mol. The summed E-state index contributed by atoms with van der Waals surface area (Å²) in [4.78, 5) is 11.6. The largest absolute Gasteiger partial charge is 0.507 e. The Morgan fingerprint density at radius 3 is 2.76 bits per heavy atom. The maximum Gasteiger partial charge on any atom is 0.250 e. The van der Waals surface area contributed by atoms with Crippen molar-refractivity contribution in [3.63, 3.8) is 0 Å². The SMILES string of the molecule is CCCn1cc(NCc2ccc(OC)cc2O)ccc1=O. The lowest BCUT2D eigenvalue weighted by Gasteiger charge is -2.11. The summed E-state index contributed by atoms with van der Waals surface area (Å²) in [6.07, 6.45) is 2.70. The van der Waals surface area contributed by atoms with Crippen molar-refractivity contribution >= 4 is 5.69 Å². The molecule has 1 aromatic carbocycles. The Morgan fingerprint density at radius 2 is 2.10 bits per heavy atom. The predicted molar refractivity (Wildman–Crippen MR) is 83.0 cm³/mol. The van der Waals surface area contributed by atoms with Crippen LogP contribution in [0.3, 0.4) is 0 Å². The number of rotatable bonds is 6. The minimum Gasteiger partial charge on any atom is -0.507 e. The molecular weight excluding hydrogens is 268 g/mol. The van der Waals surface area contributed by atoms with Crippen LogP contribution in [-0.4, -0.2) is 16.8 Å². The molecule has 1 heterocycles. The van der Waals surface area contributed by atoms with Gasteiger partial charge in [0.25, 0.3) is 5.56 Å². The molecular formula is C16H20N2O3. The normalized spacial score (nSPS) is 10.4. The van der Waals surface area contributed by atoms with E-state index in [2.05, 4.69) is 5.32 Å². The first-order chi connectivity index (χ1) is 10.1. The van der Waals surface area contributed by atoms with Crippen molar-refractivity contribution in [2.24, 2.45) is 0 Å². The van der Waals surface area contributed by atoms with Gasteiger partial charge in [0, 0.05) is 37.0 Å². The van der Waals surface area contributed by atoms with E-state index in [1.54, 1.807) is 42.1 Å². The van der Waals surface area contributed by atoms with Crippen molar-refractivity contribution in [2.75, 3.05) is 12.4 Å². The topological polar surface area (TPSA) is 63.5 Å². The highest BCUT2D eigenvalue weighted by molar-refractivity contribution is 5.45. The maximum absolute atomic E-state index is 11.6. The van der Waals surface area contributed by atoms with Crippen LogP contribution in [0.25, 0.3) is 0 Å². The van der Waals surface area contributed by atoms with Gasteiger partial charge in [0.1, 0.15) is 11.5 Å². The quantitative estimate of drug-likeness (QED) is 0.857. The first kappa shape index (κ1) is 15.0. The molecule has 0 saturated carbocycles. The van der Waals surface area contributed by atoms with Gasteiger partial charge >= 0.3 is 0 Å². The molecule has 0 radical (unpaired) electrons. The second kappa shape index (κ2) is 6.83. The molecule has 0 aliphatic carbocycles. The summed E-state index contributed by atoms with van der Waals surface area (Å²) in [5.41, 5.74) is 1.61. The third-order valence-electron chi connectivity index (χ3n) is 3.22. The fraction of sp³-hybridized carbons (Fsp3) is 0.312. The Labute approximate surface area is 123 Å². The molecule has 0 amide bonds. The molecule has 0 atom stereocenters. The van der Waals surface area contributed by atoms with E-state index in [0.717, 1.165) is 17.7 Å². The lowest BCUT2D eigenvalue weighted by atomic mass is 10.2. The van der Waals surface area contributed by atoms with E-state index < -0.39 is 0 Å². The molecule has 2 rings (SSSR count). The molecule has 112 valence electrons. The number of methoxy groups -OCH3 is 1. The Hall–Kier alpha value is -2.43. The van der Waals surface area contributed by atoms with E-state index >= 15 is 0 Å². The van der Waals surface area contributed by atoms with Crippen LogP contribution in [0, 0.1) is 0 Å². The number of anilines is 1.